The van der Waals surface area contributed by atoms with Crippen molar-refractivity contribution in [2.75, 3.05) is 0 Å². The van der Waals surface area contributed by atoms with E-state index >= 15 is 0 Å². The first-order chi connectivity index (χ1) is 8.25. The van der Waals surface area contributed by atoms with E-state index in [1.807, 2.05) is 18.2 Å². The van der Waals surface area contributed by atoms with Gasteiger partial charge in [-0.05, 0) is 24.3 Å². The predicted octanol–water partition coefficient (Wildman–Crippen LogP) is 2.48. The number of hydrogen-bond donors (Lipinski definition) is 1. The third-order valence-electron chi connectivity index (χ3n) is 2.55. The number of furan rings is 1. The zero-order valence-corrected chi connectivity index (χ0v) is 9.24. The number of pyridine rings is 1. The average Bonchev–Trinajstić information content (AvgIpc) is 2.82. The van der Waals surface area contributed by atoms with E-state index in [0.717, 1.165) is 5.69 Å². The number of rotatable bonds is 5. The fraction of sp³-hybridized carbons (Fsp3) is 0.231. The number of carboxylic acid groups (broad SMARTS) is 1. The molecule has 0 radical (unpaired) electrons. The summed E-state index contributed by atoms with van der Waals surface area (Å²) in [7, 11) is 0. The van der Waals surface area contributed by atoms with Crippen LogP contribution in [0.2, 0.25) is 0 Å². The lowest BCUT2D eigenvalue weighted by Crippen LogP contribution is -2.09. The minimum absolute atomic E-state index is 0.0457. The molecule has 0 saturated heterocycles. The molecule has 2 heterocycles. The summed E-state index contributed by atoms with van der Waals surface area (Å²) >= 11 is 0. The molecule has 4 nitrogen and oxygen atoms in total. The van der Waals surface area contributed by atoms with Gasteiger partial charge in [-0.15, -0.1) is 0 Å². The standard InChI is InChI=1S/C13H13NO3/c15-13(16)9-10(12-5-3-7-17-12)8-11-4-1-2-6-14-11/h1-7,10H,8-9H2,(H,15,16). The van der Waals surface area contributed by atoms with Crippen molar-refractivity contribution in [1.82, 2.24) is 4.98 Å². The van der Waals surface area contributed by atoms with E-state index in [4.69, 9.17) is 9.52 Å². The van der Waals surface area contributed by atoms with Crippen LogP contribution in [0.3, 0.4) is 0 Å². The van der Waals surface area contributed by atoms with Gasteiger partial charge in [0.2, 0.25) is 0 Å². The molecule has 0 amide bonds. The molecule has 17 heavy (non-hydrogen) atoms. The summed E-state index contributed by atoms with van der Waals surface area (Å²) in [5.74, 6) is -0.308. The normalized spacial score (nSPS) is 12.2. The first kappa shape index (κ1) is 11.4. The maximum absolute atomic E-state index is 10.8. The predicted molar refractivity (Wildman–Crippen MR) is 61.6 cm³/mol. The second kappa shape index (κ2) is 5.30. The number of carbonyl (C=O) groups is 1. The first-order valence-corrected chi connectivity index (χ1v) is 5.41. The Morgan fingerprint density at radius 1 is 1.35 bits per heavy atom. The van der Waals surface area contributed by atoms with E-state index in [9.17, 15) is 4.79 Å². The molecule has 0 fully saturated rings. The molecular formula is C13H13NO3. The van der Waals surface area contributed by atoms with Gasteiger partial charge < -0.3 is 9.52 Å². The summed E-state index contributed by atoms with van der Waals surface area (Å²) in [6.07, 6.45) is 3.88. The van der Waals surface area contributed by atoms with Gasteiger partial charge in [0.1, 0.15) is 5.76 Å². The van der Waals surface area contributed by atoms with Crippen molar-refractivity contribution in [2.45, 2.75) is 18.8 Å². The Labute approximate surface area is 98.9 Å². The SMILES string of the molecule is O=C(O)CC(Cc1ccccn1)c1ccco1. The lowest BCUT2D eigenvalue weighted by Gasteiger charge is -2.11. The molecule has 2 rings (SSSR count). The molecule has 0 bridgehead atoms. The van der Waals surface area contributed by atoms with Crippen molar-refractivity contribution in [1.29, 1.82) is 0 Å². The van der Waals surface area contributed by atoms with Crippen LogP contribution in [-0.2, 0) is 11.2 Å². The molecule has 0 aliphatic carbocycles. The minimum atomic E-state index is -0.831. The van der Waals surface area contributed by atoms with Crippen LogP contribution in [0.25, 0.3) is 0 Å². The third kappa shape index (κ3) is 3.17. The Kier molecular flexibility index (Phi) is 3.55. The van der Waals surface area contributed by atoms with Crippen LogP contribution in [0.15, 0.2) is 47.2 Å². The molecule has 2 aromatic rings. The molecule has 88 valence electrons. The number of nitrogens with zero attached hydrogens (tertiary/aromatic N) is 1. The van der Waals surface area contributed by atoms with Crippen molar-refractivity contribution in [3.63, 3.8) is 0 Å². The Morgan fingerprint density at radius 2 is 2.24 bits per heavy atom. The Hall–Kier alpha value is -2.10. The smallest absolute Gasteiger partial charge is 0.304 e. The van der Waals surface area contributed by atoms with Gasteiger partial charge in [0.25, 0.3) is 0 Å². The number of aliphatic carboxylic acids is 1. The zero-order chi connectivity index (χ0) is 12.1. The monoisotopic (exact) mass is 231 g/mol. The van der Waals surface area contributed by atoms with Crippen LogP contribution in [0.5, 0.6) is 0 Å². The molecule has 1 N–H and O–H groups in total. The molecule has 1 unspecified atom stereocenters. The van der Waals surface area contributed by atoms with E-state index in [-0.39, 0.29) is 12.3 Å². The summed E-state index contributed by atoms with van der Waals surface area (Å²) in [4.78, 5) is 15.0. The van der Waals surface area contributed by atoms with Gasteiger partial charge in [-0.2, -0.15) is 0 Å². The summed E-state index contributed by atoms with van der Waals surface area (Å²) in [6, 6.07) is 9.18. The van der Waals surface area contributed by atoms with Gasteiger partial charge in [-0.1, -0.05) is 6.07 Å². The summed E-state index contributed by atoms with van der Waals surface area (Å²) in [6.45, 7) is 0. The molecule has 0 spiro atoms. The lowest BCUT2D eigenvalue weighted by atomic mass is 9.96. The van der Waals surface area contributed by atoms with E-state index < -0.39 is 5.97 Å². The largest absolute Gasteiger partial charge is 0.481 e. The molecule has 0 aliphatic heterocycles. The highest BCUT2D eigenvalue weighted by Crippen LogP contribution is 2.24. The van der Waals surface area contributed by atoms with E-state index in [2.05, 4.69) is 4.98 Å². The number of carboxylic acids is 1. The quantitative estimate of drug-likeness (QED) is 0.858. The molecular weight excluding hydrogens is 218 g/mol. The van der Waals surface area contributed by atoms with Gasteiger partial charge in [0.15, 0.2) is 0 Å². The van der Waals surface area contributed by atoms with Crippen molar-refractivity contribution >= 4 is 5.97 Å². The Morgan fingerprint density at radius 3 is 2.82 bits per heavy atom. The molecule has 0 saturated carbocycles. The first-order valence-electron chi connectivity index (χ1n) is 5.41. The van der Waals surface area contributed by atoms with E-state index in [0.29, 0.717) is 12.2 Å². The number of aromatic nitrogens is 1. The Balaban J connectivity index is 2.14. The molecule has 0 aliphatic rings. The van der Waals surface area contributed by atoms with Crippen LogP contribution in [0.4, 0.5) is 0 Å². The summed E-state index contributed by atoms with van der Waals surface area (Å²) in [5, 5.41) is 8.90. The maximum Gasteiger partial charge on any atom is 0.304 e. The summed E-state index contributed by atoms with van der Waals surface area (Å²) < 4.78 is 5.28. The summed E-state index contributed by atoms with van der Waals surface area (Å²) in [5.41, 5.74) is 0.871. The van der Waals surface area contributed by atoms with Crippen LogP contribution in [0, 0.1) is 0 Å². The fourth-order valence-corrected chi connectivity index (χ4v) is 1.78. The van der Waals surface area contributed by atoms with Crippen LogP contribution < -0.4 is 0 Å². The molecule has 4 heteroatoms. The van der Waals surface area contributed by atoms with Crippen molar-refractivity contribution in [2.24, 2.45) is 0 Å². The van der Waals surface area contributed by atoms with Crippen molar-refractivity contribution < 1.29 is 14.3 Å². The highest BCUT2D eigenvalue weighted by Gasteiger charge is 2.19. The van der Waals surface area contributed by atoms with Gasteiger partial charge >= 0.3 is 5.97 Å². The third-order valence-corrected chi connectivity index (χ3v) is 2.55. The van der Waals surface area contributed by atoms with Crippen molar-refractivity contribution in [3.8, 4) is 0 Å². The van der Waals surface area contributed by atoms with Crippen LogP contribution in [-0.4, -0.2) is 16.1 Å². The second-order valence-electron chi connectivity index (χ2n) is 3.84. The van der Waals surface area contributed by atoms with Gasteiger partial charge in [0.05, 0.1) is 12.7 Å². The molecule has 0 aromatic carbocycles. The minimum Gasteiger partial charge on any atom is -0.481 e. The van der Waals surface area contributed by atoms with Crippen LogP contribution >= 0.6 is 0 Å². The Bertz CT molecular complexity index is 465. The molecule has 2 aromatic heterocycles. The zero-order valence-electron chi connectivity index (χ0n) is 9.24. The lowest BCUT2D eigenvalue weighted by molar-refractivity contribution is -0.137. The topological polar surface area (TPSA) is 63.3 Å². The van der Waals surface area contributed by atoms with Gasteiger partial charge in [-0.25, -0.2) is 0 Å². The van der Waals surface area contributed by atoms with Gasteiger partial charge in [-0.3, -0.25) is 9.78 Å². The number of hydrogen-bond acceptors (Lipinski definition) is 3. The highest BCUT2D eigenvalue weighted by molar-refractivity contribution is 5.67. The highest BCUT2D eigenvalue weighted by atomic mass is 16.4. The van der Waals surface area contributed by atoms with Crippen molar-refractivity contribution in [3.05, 3.63) is 54.2 Å². The second-order valence-corrected chi connectivity index (χ2v) is 3.84. The van der Waals surface area contributed by atoms with Gasteiger partial charge in [0, 0.05) is 24.2 Å². The maximum atomic E-state index is 10.8. The molecule has 1 atom stereocenters. The average molecular weight is 231 g/mol. The van der Waals surface area contributed by atoms with Crippen LogP contribution in [0.1, 0.15) is 23.8 Å². The van der Waals surface area contributed by atoms with E-state index in [1.54, 1.807) is 24.6 Å². The van der Waals surface area contributed by atoms with E-state index in [1.165, 1.54) is 0 Å². The fourth-order valence-electron chi connectivity index (χ4n) is 1.78.